The van der Waals surface area contributed by atoms with E-state index in [2.05, 4.69) is 21.6 Å². The van der Waals surface area contributed by atoms with Crippen LogP contribution in [0.2, 0.25) is 0 Å². The zero-order chi connectivity index (χ0) is 28.7. The SMILES string of the molecule is N#CC(Cc1ccc(-c2ccc3oc(=O)n(CCN4CCOCC4)c3c2)cc1F)NCC1(C=O)CNCCCCO1. The van der Waals surface area contributed by atoms with Crippen molar-refractivity contribution in [1.82, 2.24) is 20.1 Å². The summed E-state index contributed by atoms with van der Waals surface area (Å²) in [5, 5.41) is 16.0. The molecule has 0 radical (unpaired) electrons. The average Bonchev–Trinajstić information content (AvgIpc) is 3.30. The third kappa shape index (κ3) is 7.09. The number of carbonyl (C=O) groups is 1. The number of rotatable bonds is 10. The summed E-state index contributed by atoms with van der Waals surface area (Å²) in [4.78, 5) is 26.7. The standard InChI is InChI=1S/C30H36FN5O5/c31-26-16-22(3-4-24(26)15-25(18-32)34-20-30(21-37)19-33-7-1-2-12-40-30)23-5-6-28-27(17-23)36(29(38)41-28)9-8-35-10-13-39-14-11-35/h3-6,16-17,21,25,33-34H,1-2,7-15,19-20H2. The third-order valence-electron chi connectivity index (χ3n) is 7.80. The van der Waals surface area contributed by atoms with Crippen molar-refractivity contribution in [2.75, 3.05) is 59.1 Å². The van der Waals surface area contributed by atoms with Gasteiger partial charge < -0.3 is 24.0 Å². The molecule has 2 N–H and O–H groups in total. The Hall–Kier alpha value is -3.40. The maximum atomic E-state index is 15.3. The van der Waals surface area contributed by atoms with Gasteiger partial charge in [-0.1, -0.05) is 18.2 Å². The van der Waals surface area contributed by atoms with Crippen LogP contribution < -0.4 is 16.4 Å². The highest BCUT2D eigenvalue weighted by Gasteiger charge is 2.32. The maximum Gasteiger partial charge on any atom is 0.419 e. The second-order valence-electron chi connectivity index (χ2n) is 10.6. The number of ether oxygens (including phenoxy) is 2. The zero-order valence-corrected chi connectivity index (χ0v) is 23.1. The van der Waals surface area contributed by atoms with Crippen LogP contribution in [0.4, 0.5) is 4.39 Å². The molecule has 218 valence electrons. The molecule has 3 aromatic rings. The number of nitrogens with zero attached hydrogens (tertiary/aromatic N) is 3. The van der Waals surface area contributed by atoms with Gasteiger partial charge in [0.05, 0.1) is 30.8 Å². The number of benzene rings is 2. The summed E-state index contributed by atoms with van der Waals surface area (Å²) in [5.41, 5.74) is 1.87. The molecule has 0 spiro atoms. The molecule has 0 saturated carbocycles. The van der Waals surface area contributed by atoms with Crippen LogP contribution in [0.3, 0.4) is 0 Å². The largest absolute Gasteiger partial charge is 0.419 e. The van der Waals surface area contributed by atoms with Gasteiger partial charge in [-0.2, -0.15) is 5.26 Å². The monoisotopic (exact) mass is 565 g/mol. The Bertz CT molecular complexity index is 1430. The maximum absolute atomic E-state index is 15.3. The number of morpholine rings is 1. The number of fused-ring (bicyclic) bond motifs is 1. The molecule has 0 bridgehead atoms. The topological polar surface area (TPSA) is 122 Å². The molecule has 10 nitrogen and oxygen atoms in total. The van der Waals surface area contributed by atoms with Crippen molar-refractivity contribution in [3.8, 4) is 17.2 Å². The van der Waals surface area contributed by atoms with E-state index in [1.165, 1.54) is 6.07 Å². The zero-order valence-electron chi connectivity index (χ0n) is 23.1. The van der Waals surface area contributed by atoms with Crippen molar-refractivity contribution in [2.24, 2.45) is 0 Å². The van der Waals surface area contributed by atoms with Crippen molar-refractivity contribution < 1.29 is 23.1 Å². The van der Waals surface area contributed by atoms with E-state index in [0.717, 1.165) is 44.3 Å². The van der Waals surface area contributed by atoms with Crippen LogP contribution in [0, 0.1) is 17.1 Å². The van der Waals surface area contributed by atoms with Gasteiger partial charge in [-0.15, -0.1) is 0 Å². The van der Waals surface area contributed by atoms with Crippen molar-refractivity contribution in [3.63, 3.8) is 0 Å². The van der Waals surface area contributed by atoms with Gasteiger partial charge >= 0.3 is 5.76 Å². The Morgan fingerprint density at radius 1 is 1.12 bits per heavy atom. The van der Waals surface area contributed by atoms with E-state index < -0.39 is 23.2 Å². The van der Waals surface area contributed by atoms with Crippen molar-refractivity contribution in [1.29, 1.82) is 5.26 Å². The summed E-state index contributed by atoms with van der Waals surface area (Å²) in [7, 11) is 0. The lowest BCUT2D eigenvalue weighted by atomic mass is 9.99. The van der Waals surface area contributed by atoms with Gasteiger partial charge in [0.2, 0.25) is 0 Å². The van der Waals surface area contributed by atoms with Gasteiger partial charge in [-0.25, -0.2) is 9.18 Å². The van der Waals surface area contributed by atoms with Crippen LogP contribution in [-0.4, -0.2) is 86.5 Å². The fraction of sp³-hybridized carbons (Fsp3) is 0.500. The Balaban J connectivity index is 1.27. The number of aldehydes is 1. The molecule has 2 fully saturated rings. The van der Waals surface area contributed by atoms with E-state index in [-0.39, 0.29) is 13.0 Å². The van der Waals surface area contributed by atoms with Crippen molar-refractivity contribution >= 4 is 17.4 Å². The van der Waals surface area contributed by atoms with Crippen LogP contribution >= 0.6 is 0 Å². The van der Waals surface area contributed by atoms with Crippen LogP contribution in [0.15, 0.2) is 45.6 Å². The predicted molar refractivity (Wildman–Crippen MR) is 151 cm³/mol. The first-order valence-corrected chi connectivity index (χ1v) is 14.2. The summed E-state index contributed by atoms with van der Waals surface area (Å²) in [6.07, 6.45) is 2.73. The molecule has 5 rings (SSSR count). The number of carbonyl (C=O) groups excluding carboxylic acids is 1. The van der Waals surface area contributed by atoms with Crippen LogP contribution in [0.5, 0.6) is 0 Å². The van der Waals surface area contributed by atoms with Crippen molar-refractivity contribution in [2.45, 2.75) is 37.5 Å². The van der Waals surface area contributed by atoms with E-state index in [1.54, 1.807) is 28.8 Å². The fourth-order valence-electron chi connectivity index (χ4n) is 5.30. The van der Waals surface area contributed by atoms with E-state index >= 15 is 4.39 Å². The molecule has 2 unspecified atom stereocenters. The van der Waals surface area contributed by atoms with Crippen LogP contribution in [0.25, 0.3) is 22.2 Å². The van der Waals surface area contributed by atoms with Crippen LogP contribution in [-0.2, 0) is 27.2 Å². The van der Waals surface area contributed by atoms with E-state index in [0.29, 0.717) is 61.7 Å². The molecule has 2 aliphatic heterocycles. The minimum atomic E-state index is -1.06. The molecule has 2 aliphatic rings. The molecule has 2 saturated heterocycles. The molecular formula is C30H36FN5O5. The van der Waals surface area contributed by atoms with Gasteiger partial charge in [0.15, 0.2) is 11.9 Å². The molecule has 0 aliphatic carbocycles. The molecule has 0 amide bonds. The summed E-state index contributed by atoms with van der Waals surface area (Å²) in [6, 6.07) is 11.8. The van der Waals surface area contributed by atoms with E-state index in [9.17, 15) is 14.9 Å². The Labute approximate surface area is 238 Å². The number of nitriles is 1. The van der Waals surface area contributed by atoms with Gasteiger partial charge in [0.25, 0.3) is 0 Å². The normalized spacial score (nSPS) is 21.2. The third-order valence-corrected chi connectivity index (χ3v) is 7.80. The van der Waals surface area contributed by atoms with Crippen molar-refractivity contribution in [3.05, 3.63) is 58.3 Å². The Morgan fingerprint density at radius 3 is 2.71 bits per heavy atom. The van der Waals surface area contributed by atoms with Gasteiger partial charge in [-0.3, -0.25) is 14.8 Å². The molecule has 3 heterocycles. The average molecular weight is 566 g/mol. The number of nitrogens with one attached hydrogen (secondary N) is 2. The molecule has 11 heteroatoms. The van der Waals surface area contributed by atoms with Gasteiger partial charge in [0, 0.05) is 52.3 Å². The Kier molecular flexibility index (Phi) is 9.59. The molecule has 2 aromatic carbocycles. The number of hydrogen-bond acceptors (Lipinski definition) is 9. The number of hydrogen-bond donors (Lipinski definition) is 2. The highest BCUT2D eigenvalue weighted by molar-refractivity contribution is 5.80. The Morgan fingerprint density at radius 2 is 1.93 bits per heavy atom. The second-order valence-corrected chi connectivity index (χ2v) is 10.6. The summed E-state index contributed by atoms with van der Waals surface area (Å²) >= 11 is 0. The quantitative estimate of drug-likeness (QED) is 0.356. The van der Waals surface area contributed by atoms with Gasteiger partial charge in [-0.05, 0) is 54.3 Å². The first-order valence-electron chi connectivity index (χ1n) is 14.2. The molecule has 1 aromatic heterocycles. The molecular weight excluding hydrogens is 529 g/mol. The summed E-state index contributed by atoms with van der Waals surface area (Å²) in [6.45, 7) is 5.99. The van der Waals surface area contributed by atoms with Crippen LogP contribution in [0.1, 0.15) is 18.4 Å². The lowest BCUT2D eigenvalue weighted by Crippen LogP contribution is -2.54. The minimum Gasteiger partial charge on any atom is -0.408 e. The molecule has 2 atom stereocenters. The second kappa shape index (κ2) is 13.5. The highest BCUT2D eigenvalue weighted by Crippen LogP contribution is 2.26. The lowest BCUT2D eigenvalue weighted by Gasteiger charge is -2.31. The summed E-state index contributed by atoms with van der Waals surface area (Å²) in [5.74, 6) is -0.852. The number of halogens is 1. The minimum absolute atomic E-state index is 0.132. The first-order chi connectivity index (χ1) is 20.0. The van der Waals surface area contributed by atoms with E-state index in [1.807, 2.05) is 6.07 Å². The lowest BCUT2D eigenvalue weighted by molar-refractivity contribution is -0.131. The summed E-state index contributed by atoms with van der Waals surface area (Å²) < 4.78 is 33.6. The van der Waals surface area contributed by atoms with Gasteiger partial charge in [0.1, 0.15) is 11.4 Å². The number of aromatic nitrogens is 1. The number of oxazole rings is 1. The molecule has 41 heavy (non-hydrogen) atoms. The highest BCUT2D eigenvalue weighted by atomic mass is 19.1. The fourth-order valence-corrected chi connectivity index (χ4v) is 5.30. The predicted octanol–water partition coefficient (Wildman–Crippen LogP) is 2.09. The first kappa shape index (κ1) is 29.1. The smallest absolute Gasteiger partial charge is 0.408 e. The van der Waals surface area contributed by atoms with E-state index in [4.69, 9.17) is 13.9 Å².